The number of carbonyl (C=O) groups excluding carboxylic acids is 2. The fraction of sp³-hybridized carbons (Fsp3) is 0.346. The second kappa shape index (κ2) is 11.4. The zero-order valence-electron chi connectivity index (χ0n) is 21.2. The largest absolute Gasteiger partial charge is 0.511 e. The number of aryl methyl sites for hydroxylation is 1. The van der Waals surface area contributed by atoms with Crippen molar-refractivity contribution < 1.29 is 37.0 Å². The minimum absolute atomic E-state index is 0.101. The van der Waals surface area contributed by atoms with Crippen molar-refractivity contribution in [2.75, 3.05) is 6.79 Å². The number of ether oxygens (including phenoxy) is 3. The molecule has 0 spiro atoms. The Hall–Kier alpha value is -3.93. The van der Waals surface area contributed by atoms with Gasteiger partial charge in [-0.25, -0.2) is 9.78 Å². The van der Waals surface area contributed by atoms with Crippen LogP contribution in [-0.4, -0.2) is 45.3 Å². The van der Waals surface area contributed by atoms with Crippen LogP contribution >= 0.6 is 11.6 Å². The van der Waals surface area contributed by atoms with E-state index in [4.69, 9.17) is 30.8 Å². The van der Waals surface area contributed by atoms with Crippen molar-refractivity contribution in [2.45, 2.75) is 51.9 Å². The Morgan fingerprint density at radius 3 is 2.62 bits per heavy atom. The van der Waals surface area contributed by atoms with Crippen molar-refractivity contribution in [3.63, 3.8) is 0 Å². The number of imidazole rings is 1. The number of esters is 1. The van der Waals surface area contributed by atoms with E-state index in [1.54, 1.807) is 43.7 Å². The molecule has 1 atom stereocenters. The number of fused-ring (bicyclic) bond motifs is 3. The molecule has 0 bridgehead atoms. The van der Waals surface area contributed by atoms with Gasteiger partial charge in [-0.1, -0.05) is 11.6 Å². The van der Waals surface area contributed by atoms with E-state index in [0.717, 1.165) is 6.07 Å². The molecule has 0 N–H and O–H groups in total. The van der Waals surface area contributed by atoms with Crippen molar-refractivity contribution >= 4 is 29.4 Å². The number of carbonyl (C=O) groups is 2. The number of rotatable bonds is 7. The summed E-state index contributed by atoms with van der Waals surface area (Å²) in [5.41, 5.74) is 1.01. The Kier molecular flexibility index (Phi) is 8.24. The molecule has 206 valence electrons. The summed E-state index contributed by atoms with van der Waals surface area (Å²) in [5.74, 6) is -0.336. The number of hydrogen-bond acceptors (Lipinski definition) is 8. The lowest BCUT2D eigenvalue weighted by atomic mass is 9.99. The molecule has 0 aliphatic carbocycles. The highest BCUT2D eigenvalue weighted by Gasteiger charge is 2.36. The molecule has 1 aliphatic rings. The molecule has 0 radical (unpaired) electrons. The highest BCUT2D eigenvalue weighted by molar-refractivity contribution is 6.32. The Morgan fingerprint density at radius 1 is 1.18 bits per heavy atom. The number of benzene rings is 1. The van der Waals surface area contributed by atoms with Gasteiger partial charge in [-0.05, 0) is 51.5 Å². The van der Waals surface area contributed by atoms with Gasteiger partial charge in [0, 0.05) is 41.8 Å². The molecular formula is C26H24ClF3N4O5. The zero-order valence-corrected chi connectivity index (χ0v) is 21.9. The van der Waals surface area contributed by atoms with Crippen LogP contribution in [0.25, 0.3) is 5.69 Å². The average molecular weight is 565 g/mol. The number of alkyl halides is 3. The fourth-order valence-electron chi connectivity index (χ4n) is 4.06. The van der Waals surface area contributed by atoms with E-state index in [2.05, 4.69) is 9.97 Å². The first-order valence-corrected chi connectivity index (χ1v) is 12.3. The van der Waals surface area contributed by atoms with Crippen molar-refractivity contribution in [1.29, 1.82) is 0 Å². The Morgan fingerprint density at radius 2 is 1.95 bits per heavy atom. The van der Waals surface area contributed by atoms with Crippen LogP contribution in [0.15, 0.2) is 47.8 Å². The first kappa shape index (κ1) is 28.1. The van der Waals surface area contributed by atoms with E-state index >= 15 is 0 Å². The molecule has 9 nitrogen and oxygen atoms in total. The van der Waals surface area contributed by atoms with Crippen LogP contribution in [0.5, 0.6) is 0 Å². The molecule has 4 rings (SSSR count). The summed E-state index contributed by atoms with van der Waals surface area (Å²) < 4.78 is 57.4. The Balaban J connectivity index is 1.68. The zero-order chi connectivity index (χ0) is 28.3. The van der Waals surface area contributed by atoms with Crippen LogP contribution in [0, 0.1) is 6.92 Å². The molecule has 1 aliphatic heterocycles. The van der Waals surface area contributed by atoms with Crippen LogP contribution in [0.2, 0.25) is 5.02 Å². The maximum atomic E-state index is 13.8. The first-order chi connectivity index (χ1) is 18.5. The monoisotopic (exact) mass is 564 g/mol. The minimum atomic E-state index is -4.69. The maximum absolute atomic E-state index is 13.8. The van der Waals surface area contributed by atoms with E-state index in [0.29, 0.717) is 28.4 Å². The summed E-state index contributed by atoms with van der Waals surface area (Å²) in [6.45, 7) is 4.36. The van der Waals surface area contributed by atoms with Crippen LogP contribution in [0.3, 0.4) is 0 Å². The summed E-state index contributed by atoms with van der Waals surface area (Å²) in [7, 11) is 0. The second-order valence-corrected chi connectivity index (χ2v) is 9.32. The van der Waals surface area contributed by atoms with Gasteiger partial charge in [0.2, 0.25) is 6.79 Å². The molecule has 2 aromatic heterocycles. The molecule has 39 heavy (non-hydrogen) atoms. The smallest absolute Gasteiger partial charge is 0.431 e. The third-order valence-corrected chi connectivity index (χ3v) is 6.03. The van der Waals surface area contributed by atoms with Crippen molar-refractivity contribution in [1.82, 2.24) is 14.5 Å². The molecule has 0 unspecified atom stereocenters. The van der Waals surface area contributed by atoms with E-state index in [-0.39, 0.29) is 18.5 Å². The van der Waals surface area contributed by atoms with E-state index in [1.807, 2.05) is 0 Å². The van der Waals surface area contributed by atoms with Crippen LogP contribution in [0.1, 0.15) is 60.9 Å². The SMILES string of the molecule is Cc1cnc2n1-c1cc(C(F)(F)F)c(Cl)cc1C(c1cccnc1)=N[C@H]2CCC(=O)OCOC(=O)OC(C)C. The highest BCUT2D eigenvalue weighted by Crippen LogP contribution is 2.41. The molecule has 13 heteroatoms. The number of aliphatic imine (C=N–C) groups is 1. The molecule has 0 fully saturated rings. The van der Waals surface area contributed by atoms with Crippen LogP contribution < -0.4 is 0 Å². The predicted octanol–water partition coefficient (Wildman–Crippen LogP) is 5.98. The second-order valence-electron chi connectivity index (χ2n) is 8.91. The summed E-state index contributed by atoms with van der Waals surface area (Å²) >= 11 is 6.11. The topological polar surface area (TPSA) is 105 Å². The predicted molar refractivity (Wildman–Crippen MR) is 134 cm³/mol. The number of nitrogens with zero attached hydrogens (tertiary/aromatic N) is 4. The molecule has 1 aromatic carbocycles. The van der Waals surface area contributed by atoms with Crippen molar-refractivity contribution in [2.24, 2.45) is 4.99 Å². The van der Waals surface area contributed by atoms with E-state index in [1.165, 1.54) is 18.5 Å². The summed E-state index contributed by atoms with van der Waals surface area (Å²) in [5, 5.41) is -0.477. The number of hydrogen-bond donors (Lipinski definition) is 0. The number of aromatic nitrogens is 3. The van der Waals surface area contributed by atoms with Crippen LogP contribution in [-0.2, 0) is 25.2 Å². The lowest BCUT2D eigenvalue weighted by Crippen LogP contribution is -2.17. The normalized spacial score (nSPS) is 14.7. The third-order valence-electron chi connectivity index (χ3n) is 5.72. The highest BCUT2D eigenvalue weighted by atomic mass is 35.5. The lowest BCUT2D eigenvalue weighted by molar-refractivity contribution is -0.153. The Labute approximate surface area is 226 Å². The molecule has 0 saturated heterocycles. The molecule has 3 heterocycles. The van der Waals surface area contributed by atoms with E-state index in [9.17, 15) is 22.8 Å². The summed E-state index contributed by atoms with van der Waals surface area (Å²) in [6, 6.07) is 4.87. The fourth-order valence-corrected chi connectivity index (χ4v) is 4.33. The number of pyridine rings is 1. The molecular weight excluding hydrogens is 541 g/mol. The quantitative estimate of drug-likeness (QED) is 0.257. The van der Waals surface area contributed by atoms with Gasteiger partial charge >= 0.3 is 18.3 Å². The summed E-state index contributed by atoms with van der Waals surface area (Å²) in [6.07, 6.45) is -1.49. The van der Waals surface area contributed by atoms with Gasteiger partial charge in [0.25, 0.3) is 0 Å². The van der Waals surface area contributed by atoms with Gasteiger partial charge in [0.05, 0.1) is 28.1 Å². The summed E-state index contributed by atoms with van der Waals surface area (Å²) in [4.78, 5) is 37.2. The van der Waals surface area contributed by atoms with Gasteiger partial charge in [0.15, 0.2) is 0 Å². The molecule has 0 saturated carbocycles. The molecule has 3 aromatic rings. The van der Waals surface area contributed by atoms with Crippen molar-refractivity contribution in [3.05, 3.63) is 76.1 Å². The van der Waals surface area contributed by atoms with Gasteiger partial charge in [0.1, 0.15) is 11.9 Å². The van der Waals surface area contributed by atoms with Gasteiger partial charge in [-0.2, -0.15) is 13.2 Å². The average Bonchev–Trinajstić information content (AvgIpc) is 3.18. The first-order valence-electron chi connectivity index (χ1n) is 11.9. The Bertz CT molecular complexity index is 1410. The maximum Gasteiger partial charge on any atom is 0.511 e. The minimum Gasteiger partial charge on any atom is -0.431 e. The van der Waals surface area contributed by atoms with Gasteiger partial charge < -0.3 is 14.2 Å². The lowest BCUT2D eigenvalue weighted by Gasteiger charge is -2.18. The van der Waals surface area contributed by atoms with Crippen LogP contribution in [0.4, 0.5) is 18.0 Å². The number of halogens is 4. The van der Waals surface area contributed by atoms with E-state index < -0.39 is 47.8 Å². The van der Waals surface area contributed by atoms with Gasteiger partial charge in [-0.15, -0.1) is 0 Å². The van der Waals surface area contributed by atoms with Gasteiger partial charge in [-0.3, -0.25) is 19.3 Å². The standard InChI is InChI=1S/C26H24ClF3N4O5/c1-14(2)39-25(36)38-13-37-22(35)7-6-20-24-32-11-15(3)34(24)21-10-18(26(28,29)30)19(27)9-17(21)23(33-20)16-5-4-8-31-12-16/h4-5,8-12,14,20H,6-7,13H2,1-3H3/t20-/m0/s1. The molecule has 0 amide bonds. The van der Waals surface area contributed by atoms with Crippen molar-refractivity contribution in [3.8, 4) is 5.69 Å². The third kappa shape index (κ3) is 6.39.